The van der Waals surface area contributed by atoms with E-state index in [1.165, 1.54) is 122 Å². The third-order valence-electron chi connectivity index (χ3n) is 5.73. The van der Waals surface area contributed by atoms with Crippen LogP contribution in [0.25, 0.3) is 0 Å². The van der Waals surface area contributed by atoms with Gasteiger partial charge in [0, 0.05) is 20.6 Å². The molecule has 152 valence electrons. The molecule has 0 nitrogen and oxygen atoms in total. The monoisotopic (exact) mass is 371 g/mol. The van der Waals surface area contributed by atoms with E-state index < -0.39 is 7.26 Å². The Morgan fingerprint density at radius 1 is 0.360 bits per heavy atom. The molecule has 0 heterocycles. The summed E-state index contributed by atoms with van der Waals surface area (Å²) in [5.74, 6) is 0. The van der Waals surface area contributed by atoms with Gasteiger partial charge in [-0.2, -0.15) is 0 Å². The van der Waals surface area contributed by atoms with Crippen LogP contribution < -0.4 is 0 Å². The summed E-state index contributed by atoms with van der Waals surface area (Å²) in [4.78, 5) is 0. The smallest absolute Gasteiger partial charge is 0.0589 e. The van der Waals surface area contributed by atoms with Crippen LogP contribution in [0.4, 0.5) is 0 Å². The molecule has 0 aliphatic carbocycles. The van der Waals surface area contributed by atoms with Crippen molar-refractivity contribution in [1.29, 1.82) is 0 Å². The average molecular weight is 372 g/mol. The zero-order valence-corrected chi connectivity index (χ0v) is 19.5. The standard InChI is InChI=1S/C24H52P/c1-5-7-9-10-11-12-13-14-15-16-17-18-19-20-21-22-24-25(3,4)23-8-6-2/h5-24H2,1-4H3/q+1. The van der Waals surface area contributed by atoms with Gasteiger partial charge in [-0.15, -0.1) is 0 Å². The first-order valence-electron chi connectivity index (χ1n) is 11.9. The highest BCUT2D eigenvalue weighted by Crippen LogP contribution is 2.52. The number of hydrogen-bond donors (Lipinski definition) is 0. The van der Waals surface area contributed by atoms with Crippen molar-refractivity contribution in [2.75, 3.05) is 25.7 Å². The summed E-state index contributed by atoms with van der Waals surface area (Å²) in [6, 6.07) is 0. The first-order chi connectivity index (χ1) is 12.1. The van der Waals surface area contributed by atoms with Crippen LogP contribution in [0.3, 0.4) is 0 Å². The van der Waals surface area contributed by atoms with Crippen LogP contribution in [0.15, 0.2) is 0 Å². The fourth-order valence-electron chi connectivity index (χ4n) is 3.79. The lowest BCUT2D eigenvalue weighted by atomic mass is 10.0. The van der Waals surface area contributed by atoms with E-state index in [-0.39, 0.29) is 0 Å². The lowest BCUT2D eigenvalue weighted by molar-refractivity contribution is 0.531. The Labute approximate surface area is 162 Å². The van der Waals surface area contributed by atoms with Crippen LogP contribution in [-0.4, -0.2) is 25.7 Å². The van der Waals surface area contributed by atoms with E-state index in [1.54, 1.807) is 6.16 Å². The summed E-state index contributed by atoms with van der Waals surface area (Å²) in [5, 5.41) is 0. The molecular formula is C24H52P+. The normalized spacial score (nSPS) is 12.0. The molecule has 0 bridgehead atoms. The zero-order valence-electron chi connectivity index (χ0n) is 18.6. The van der Waals surface area contributed by atoms with Crippen LogP contribution in [0.2, 0.25) is 0 Å². The van der Waals surface area contributed by atoms with E-state index in [1.807, 2.05) is 0 Å². The minimum atomic E-state index is -0.547. The molecule has 0 atom stereocenters. The molecule has 0 fully saturated rings. The maximum Gasteiger partial charge on any atom is 0.0589 e. The highest BCUT2D eigenvalue weighted by atomic mass is 31.2. The Morgan fingerprint density at radius 2 is 0.640 bits per heavy atom. The second kappa shape index (κ2) is 19.2. The molecule has 0 aromatic carbocycles. The molecule has 0 rings (SSSR count). The van der Waals surface area contributed by atoms with Crippen molar-refractivity contribution in [2.24, 2.45) is 0 Å². The van der Waals surface area contributed by atoms with Crippen molar-refractivity contribution in [1.82, 2.24) is 0 Å². The Bertz CT molecular complexity index is 246. The topological polar surface area (TPSA) is 0 Å². The van der Waals surface area contributed by atoms with Gasteiger partial charge in [0.2, 0.25) is 0 Å². The first kappa shape index (κ1) is 25.4. The molecule has 0 amide bonds. The van der Waals surface area contributed by atoms with Crippen LogP contribution in [0.1, 0.15) is 129 Å². The predicted molar refractivity (Wildman–Crippen MR) is 123 cm³/mol. The molecule has 0 aliphatic heterocycles. The van der Waals surface area contributed by atoms with Crippen LogP contribution in [0, 0.1) is 0 Å². The maximum atomic E-state index is 2.58. The average Bonchev–Trinajstić information content (AvgIpc) is 2.59. The highest BCUT2D eigenvalue weighted by molar-refractivity contribution is 7.74. The van der Waals surface area contributed by atoms with Crippen molar-refractivity contribution >= 4 is 7.26 Å². The van der Waals surface area contributed by atoms with Gasteiger partial charge in [-0.05, 0) is 19.3 Å². The highest BCUT2D eigenvalue weighted by Gasteiger charge is 2.22. The van der Waals surface area contributed by atoms with E-state index in [2.05, 4.69) is 27.2 Å². The molecule has 0 aromatic heterocycles. The minimum Gasteiger partial charge on any atom is -0.0654 e. The SMILES string of the molecule is CCCCCCCCCCCCCCCCCC[P+](C)(C)CCCC. The molecule has 0 saturated heterocycles. The molecule has 0 aliphatic rings. The summed E-state index contributed by atoms with van der Waals surface area (Å²) >= 11 is 0. The molecule has 25 heavy (non-hydrogen) atoms. The molecule has 0 aromatic rings. The van der Waals surface area contributed by atoms with E-state index in [0.717, 1.165) is 0 Å². The largest absolute Gasteiger partial charge is 0.0654 e. The Balaban J connectivity index is 3.14. The van der Waals surface area contributed by atoms with Gasteiger partial charge in [0.05, 0.1) is 12.3 Å². The van der Waals surface area contributed by atoms with Crippen molar-refractivity contribution in [2.45, 2.75) is 129 Å². The van der Waals surface area contributed by atoms with E-state index in [4.69, 9.17) is 0 Å². The van der Waals surface area contributed by atoms with Crippen molar-refractivity contribution in [3.05, 3.63) is 0 Å². The lowest BCUT2D eigenvalue weighted by Gasteiger charge is -2.17. The molecule has 0 N–H and O–H groups in total. The zero-order chi connectivity index (χ0) is 18.6. The molecule has 0 unspecified atom stereocenters. The molecule has 1 heteroatoms. The van der Waals surface area contributed by atoms with Crippen molar-refractivity contribution in [3.63, 3.8) is 0 Å². The maximum absolute atomic E-state index is 2.58. The van der Waals surface area contributed by atoms with E-state index in [0.29, 0.717) is 0 Å². The summed E-state index contributed by atoms with van der Waals surface area (Å²) in [5.41, 5.74) is 0. The summed E-state index contributed by atoms with van der Waals surface area (Å²) in [7, 11) is -0.547. The van der Waals surface area contributed by atoms with Crippen LogP contribution in [-0.2, 0) is 0 Å². The Kier molecular flexibility index (Phi) is 19.5. The third kappa shape index (κ3) is 20.6. The Hall–Kier alpha value is 0.430. The van der Waals surface area contributed by atoms with Crippen LogP contribution >= 0.6 is 7.26 Å². The lowest BCUT2D eigenvalue weighted by Crippen LogP contribution is -2.00. The summed E-state index contributed by atoms with van der Waals surface area (Å²) in [6.45, 7) is 9.78. The number of unbranched alkanes of at least 4 members (excludes halogenated alkanes) is 16. The van der Waals surface area contributed by atoms with Gasteiger partial charge in [0.1, 0.15) is 0 Å². The van der Waals surface area contributed by atoms with Gasteiger partial charge in [-0.25, -0.2) is 0 Å². The molecular weight excluding hydrogens is 319 g/mol. The van der Waals surface area contributed by atoms with Gasteiger partial charge in [-0.1, -0.05) is 110 Å². The van der Waals surface area contributed by atoms with Crippen molar-refractivity contribution in [3.8, 4) is 0 Å². The molecule has 0 radical (unpaired) electrons. The van der Waals surface area contributed by atoms with Gasteiger partial charge >= 0.3 is 0 Å². The van der Waals surface area contributed by atoms with Gasteiger partial charge in [0.25, 0.3) is 0 Å². The van der Waals surface area contributed by atoms with E-state index >= 15 is 0 Å². The van der Waals surface area contributed by atoms with Gasteiger partial charge in [0.15, 0.2) is 0 Å². The number of hydrogen-bond acceptors (Lipinski definition) is 0. The predicted octanol–water partition coefficient (Wildman–Crippen LogP) is 9.33. The number of rotatable bonds is 20. The van der Waals surface area contributed by atoms with Gasteiger partial charge in [-0.3, -0.25) is 0 Å². The summed E-state index contributed by atoms with van der Waals surface area (Å²) in [6.07, 6.45) is 29.6. The quantitative estimate of drug-likeness (QED) is 0.148. The summed E-state index contributed by atoms with van der Waals surface area (Å²) < 4.78 is 0. The van der Waals surface area contributed by atoms with Crippen molar-refractivity contribution < 1.29 is 0 Å². The minimum absolute atomic E-state index is 0.547. The second-order valence-corrected chi connectivity index (χ2v) is 13.8. The van der Waals surface area contributed by atoms with Gasteiger partial charge < -0.3 is 0 Å². The Morgan fingerprint density at radius 3 is 1.00 bits per heavy atom. The van der Waals surface area contributed by atoms with E-state index in [9.17, 15) is 0 Å². The fraction of sp³-hybridized carbons (Fsp3) is 1.00. The fourth-order valence-corrected chi connectivity index (χ4v) is 6.26. The molecule has 0 spiro atoms. The second-order valence-electron chi connectivity index (χ2n) is 9.04. The van der Waals surface area contributed by atoms with Crippen LogP contribution in [0.5, 0.6) is 0 Å². The first-order valence-corrected chi connectivity index (χ1v) is 15.0. The third-order valence-corrected chi connectivity index (χ3v) is 8.79. The molecule has 0 saturated carbocycles.